The van der Waals surface area contributed by atoms with Gasteiger partial charge in [0.1, 0.15) is 0 Å². The van der Waals surface area contributed by atoms with Crippen molar-refractivity contribution in [1.82, 2.24) is 0 Å². The highest BCUT2D eigenvalue weighted by atomic mass is 19.1. The van der Waals surface area contributed by atoms with Crippen molar-refractivity contribution in [3.63, 3.8) is 0 Å². The Hall–Kier alpha value is -2.22. The quantitative estimate of drug-likeness (QED) is 0.603. The predicted molar refractivity (Wildman–Crippen MR) is 69.6 cm³/mol. The van der Waals surface area contributed by atoms with E-state index in [1.165, 1.54) is 5.56 Å². The number of pyridine rings is 1. The Morgan fingerprint density at radius 2 is 1.61 bits per heavy atom. The molecule has 0 saturated heterocycles. The van der Waals surface area contributed by atoms with Gasteiger partial charge in [-0.05, 0) is 12.1 Å². The molecule has 0 aliphatic rings. The molecule has 0 aliphatic carbocycles. The summed E-state index contributed by atoms with van der Waals surface area (Å²) in [5.74, 6) is -0.204. The average Bonchev–Trinajstić information content (AvgIpc) is 2.40. The molecule has 0 saturated carbocycles. The van der Waals surface area contributed by atoms with E-state index in [0.29, 0.717) is 6.54 Å². The fourth-order valence-electron chi connectivity index (χ4n) is 2.19. The highest BCUT2D eigenvalue weighted by Crippen LogP contribution is 2.11. The van der Waals surface area contributed by atoms with Crippen LogP contribution in [0.1, 0.15) is 5.56 Å². The van der Waals surface area contributed by atoms with Gasteiger partial charge in [0.2, 0.25) is 11.7 Å². The van der Waals surface area contributed by atoms with Gasteiger partial charge in [-0.3, -0.25) is 0 Å². The van der Waals surface area contributed by atoms with Crippen molar-refractivity contribution in [2.24, 2.45) is 0 Å². The first-order chi connectivity index (χ1) is 8.83. The summed E-state index contributed by atoms with van der Waals surface area (Å²) in [6.45, 7) is 0.680. The highest BCUT2D eigenvalue weighted by molar-refractivity contribution is 5.75. The van der Waals surface area contributed by atoms with E-state index in [-0.39, 0.29) is 5.82 Å². The Labute approximate surface area is 105 Å². The lowest BCUT2D eigenvalue weighted by Gasteiger charge is -2.02. The number of hydrogen-bond acceptors (Lipinski definition) is 0. The highest BCUT2D eigenvalue weighted by Gasteiger charge is 2.11. The average molecular weight is 238 g/mol. The topological polar surface area (TPSA) is 3.88 Å². The maximum absolute atomic E-state index is 13.6. The number of nitrogens with zero attached hydrogens (tertiary/aromatic N) is 1. The Morgan fingerprint density at radius 3 is 2.44 bits per heavy atom. The van der Waals surface area contributed by atoms with Crippen LogP contribution < -0.4 is 4.57 Å². The molecule has 1 nitrogen and oxygen atoms in total. The summed E-state index contributed by atoms with van der Waals surface area (Å²) in [6.07, 6.45) is 1.55. The van der Waals surface area contributed by atoms with E-state index < -0.39 is 0 Å². The van der Waals surface area contributed by atoms with Gasteiger partial charge in [-0.25, -0.2) is 4.39 Å². The van der Waals surface area contributed by atoms with Crippen LogP contribution in [0.15, 0.2) is 66.9 Å². The Morgan fingerprint density at radius 1 is 0.889 bits per heavy atom. The van der Waals surface area contributed by atoms with Gasteiger partial charge < -0.3 is 0 Å². The van der Waals surface area contributed by atoms with Gasteiger partial charge >= 0.3 is 0 Å². The smallest absolute Gasteiger partial charge is 0.200 e. The maximum atomic E-state index is 13.6. The summed E-state index contributed by atoms with van der Waals surface area (Å²) in [4.78, 5) is 0. The second-order valence-corrected chi connectivity index (χ2v) is 4.33. The fraction of sp³-hybridized carbons (Fsp3) is 0.0625. The lowest BCUT2D eigenvalue weighted by molar-refractivity contribution is -0.663. The van der Waals surface area contributed by atoms with E-state index in [2.05, 4.69) is 0 Å². The van der Waals surface area contributed by atoms with Crippen LogP contribution in [-0.4, -0.2) is 0 Å². The summed E-state index contributed by atoms with van der Waals surface area (Å²) in [7, 11) is 0. The summed E-state index contributed by atoms with van der Waals surface area (Å²) >= 11 is 0. The van der Waals surface area contributed by atoms with Crippen LogP contribution in [0.2, 0.25) is 0 Å². The predicted octanol–water partition coefficient (Wildman–Crippen LogP) is 3.31. The lowest BCUT2D eigenvalue weighted by Crippen LogP contribution is -2.35. The molecular formula is C16H13FN+. The molecule has 3 aromatic rings. The first-order valence-corrected chi connectivity index (χ1v) is 5.94. The minimum atomic E-state index is -0.204. The standard InChI is InChI=1S/C16H13FN/c17-15-10-14-8-4-5-9-16(14)18(12-15)11-13-6-2-1-3-7-13/h1-10,12H,11H2/q+1. The van der Waals surface area contributed by atoms with E-state index >= 15 is 0 Å². The second-order valence-electron chi connectivity index (χ2n) is 4.33. The number of para-hydroxylation sites is 1. The molecule has 3 rings (SSSR count). The van der Waals surface area contributed by atoms with Gasteiger partial charge in [0.15, 0.2) is 12.4 Å². The number of halogens is 1. The van der Waals surface area contributed by atoms with Crippen LogP contribution in [0, 0.1) is 5.82 Å². The molecule has 1 aromatic heterocycles. The van der Waals surface area contributed by atoms with Gasteiger partial charge in [-0.1, -0.05) is 42.5 Å². The third-order valence-electron chi connectivity index (χ3n) is 3.01. The van der Waals surface area contributed by atoms with E-state index in [4.69, 9.17) is 0 Å². The van der Waals surface area contributed by atoms with Crippen LogP contribution in [0.5, 0.6) is 0 Å². The number of hydrogen-bond donors (Lipinski definition) is 0. The summed E-state index contributed by atoms with van der Waals surface area (Å²) in [5, 5.41) is 0.924. The fourth-order valence-corrected chi connectivity index (χ4v) is 2.19. The zero-order valence-electron chi connectivity index (χ0n) is 9.88. The minimum Gasteiger partial charge on any atom is -0.200 e. The lowest BCUT2D eigenvalue weighted by atomic mass is 10.2. The SMILES string of the molecule is Fc1cc2ccccc2[n+](Cc2ccccc2)c1. The van der Waals surface area contributed by atoms with Crippen molar-refractivity contribution in [3.05, 3.63) is 78.2 Å². The Bertz CT molecular complexity index is 677. The number of rotatable bonds is 2. The molecule has 0 fully saturated rings. The molecule has 1 heterocycles. The largest absolute Gasteiger partial charge is 0.212 e. The molecule has 0 atom stereocenters. The van der Waals surface area contributed by atoms with Crippen molar-refractivity contribution >= 4 is 10.9 Å². The van der Waals surface area contributed by atoms with Gasteiger partial charge in [0.05, 0.1) is 0 Å². The van der Waals surface area contributed by atoms with Crippen LogP contribution in [0.25, 0.3) is 10.9 Å². The summed E-state index contributed by atoms with van der Waals surface area (Å²) < 4.78 is 15.5. The molecular weight excluding hydrogens is 225 g/mol. The zero-order chi connectivity index (χ0) is 12.4. The molecule has 18 heavy (non-hydrogen) atoms. The van der Waals surface area contributed by atoms with E-state index in [9.17, 15) is 4.39 Å². The van der Waals surface area contributed by atoms with Crippen LogP contribution in [-0.2, 0) is 6.54 Å². The van der Waals surface area contributed by atoms with Crippen molar-refractivity contribution in [2.75, 3.05) is 0 Å². The minimum absolute atomic E-state index is 0.204. The first-order valence-electron chi connectivity index (χ1n) is 5.94. The molecule has 0 spiro atoms. The monoisotopic (exact) mass is 238 g/mol. The second kappa shape index (κ2) is 4.57. The molecule has 2 heteroatoms. The molecule has 0 bridgehead atoms. The van der Waals surface area contributed by atoms with Crippen molar-refractivity contribution in [2.45, 2.75) is 6.54 Å². The van der Waals surface area contributed by atoms with E-state index in [1.807, 2.05) is 59.2 Å². The summed E-state index contributed by atoms with van der Waals surface area (Å²) in [5.41, 5.74) is 2.21. The van der Waals surface area contributed by atoms with Gasteiger partial charge in [0.25, 0.3) is 0 Å². The molecule has 0 unspecified atom stereocenters. The van der Waals surface area contributed by atoms with Crippen LogP contribution >= 0.6 is 0 Å². The Kier molecular flexibility index (Phi) is 2.77. The number of benzene rings is 2. The van der Waals surface area contributed by atoms with Crippen LogP contribution in [0.3, 0.4) is 0 Å². The summed E-state index contributed by atoms with van der Waals surface area (Å²) in [6, 6.07) is 19.5. The third kappa shape index (κ3) is 2.09. The van der Waals surface area contributed by atoms with Crippen molar-refractivity contribution in [3.8, 4) is 0 Å². The van der Waals surface area contributed by atoms with Gasteiger partial charge in [-0.2, -0.15) is 4.57 Å². The third-order valence-corrected chi connectivity index (χ3v) is 3.01. The number of aromatic nitrogens is 1. The van der Waals surface area contributed by atoms with Crippen LogP contribution in [0.4, 0.5) is 4.39 Å². The Balaban J connectivity index is 2.11. The first kappa shape index (κ1) is 10.9. The molecule has 2 aromatic carbocycles. The van der Waals surface area contributed by atoms with Crippen molar-refractivity contribution < 1.29 is 8.96 Å². The maximum Gasteiger partial charge on any atom is 0.212 e. The molecule has 0 radical (unpaired) electrons. The molecule has 0 aliphatic heterocycles. The molecule has 0 amide bonds. The zero-order valence-corrected chi connectivity index (χ0v) is 9.88. The van der Waals surface area contributed by atoms with Gasteiger partial charge in [0, 0.05) is 17.0 Å². The molecule has 88 valence electrons. The number of fused-ring (bicyclic) bond motifs is 1. The van der Waals surface area contributed by atoms with E-state index in [1.54, 1.807) is 12.3 Å². The molecule has 0 N–H and O–H groups in total. The normalized spacial score (nSPS) is 10.7. The van der Waals surface area contributed by atoms with E-state index in [0.717, 1.165) is 10.9 Å². The van der Waals surface area contributed by atoms with Crippen molar-refractivity contribution in [1.29, 1.82) is 0 Å². The van der Waals surface area contributed by atoms with Gasteiger partial charge in [-0.15, -0.1) is 0 Å².